The largest absolute Gasteiger partial charge is 0.394 e. The van der Waals surface area contributed by atoms with Crippen molar-refractivity contribution in [3.8, 4) is 11.9 Å². The van der Waals surface area contributed by atoms with E-state index < -0.39 is 0 Å². The van der Waals surface area contributed by atoms with Crippen molar-refractivity contribution in [3.63, 3.8) is 0 Å². The second-order valence-corrected chi connectivity index (χ2v) is 10.5. The fraction of sp³-hybridized carbons (Fsp3) is 0.615. The molecule has 4 aliphatic rings. The summed E-state index contributed by atoms with van der Waals surface area (Å²) in [6, 6.07) is 6.55. The summed E-state index contributed by atoms with van der Waals surface area (Å²) in [6.45, 7) is 3.59. The number of anilines is 2. The van der Waals surface area contributed by atoms with E-state index in [0.29, 0.717) is 49.8 Å². The molecule has 7 heterocycles. The highest BCUT2D eigenvalue weighted by atomic mass is 16.5. The lowest BCUT2D eigenvalue weighted by atomic mass is 10.1. The minimum atomic E-state index is -0.221. The summed E-state index contributed by atoms with van der Waals surface area (Å²) < 4.78 is 20.9. The molecule has 200 valence electrons. The van der Waals surface area contributed by atoms with Crippen LogP contribution in [0.15, 0.2) is 18.3 Å². The first-order valence-corrected chi connectivity index (χ1v) is 13.6. The Balaban J connectivity index is 1.40. The molecule has 0 spiro atoms. The van der Waals surface area contributed by atoms with Gasteiger partial charge in [0.15, 0.2) is 17.2 Å². The normalized spacial score (nSPS) is 27.7. The van der Waals surface area contributed by atoms with Crippen molar-refractivity contribution in [2.75, 3.05) is 56.0 Å². The third-order valence-electron chi connectivity index (χ3n) is 8.22. The number of hydrogen-bond acceptors (Lipinski definition) is 10. The topological polar surface area (TPSA) is 127 Å². The number of fused-ring (bicyclic) bond motifs is 3. The van der Waals surface area contributed by atoms with E-state index in [1.807, 2.05) is 16.9 Å². The summed E-state index contributed by atoms with van der Waals surface area (Å²) >= 11 is 0. The SMILES string of the molecule is N#Cc1nn(-c2ccn(C3CCCCO3)n2)c2nc(N3C4CCC3COC4)cc(N3CCOC[C@H]3CO)c12. The first kappa shape index (κ1) is 23.8. The number of aliphatic hydroxyl groups excluding tert-OH is 1. The van der Waals surface area contributed by atoms with Gasteiger partial charge in [0, 0.05) is 31.5 Å². The van der Waals surface area contributed by atoms with Crippen molar-refractivity contribution in [1.29, 1.82) is 5.26 Å². The molecule has 1 N–H and O–H groups in total. The number of aliphatic hydroxyl groups is 1. The Kier molecular flexibility index (Phi) is 6.16. The van der Waals surface area contributed by atoms with Crippen LogP contribution in [-0.4, -0.2) is 94.0 Å². The van der Waals surface area contributed by atoms with Crippen molar-refractivity contribution in [3.05, 3.63) is 24.0 Å². The maximum Gasteiger partial charge on any atom is 0.177 e. The van der Waals surface area contributed by atoms with E-state index in [-0.39, 0.29) is 36.7 Å². The fourth-order valence-electron chi connectivity index (χ4n) is 6.34. The molecular formula is C26H32N8O4. The standard InChI is InChI=1S/C26H32N8O4/c27-12-20-25-21(31-8-10-36-16-19(31)13-35)11-23(33-17-4-5-18(33)15-37-14-17)28-26(25)34(29-20)22-6-7-32(30-22)24-3-1-2-9-38-24/h6-7,11,17-19,24,35H,1-5,8-10,13-16H2/t17?,18?,19-,24?/m1/s1. The Morgan fingerprint density at radius 3 is 2.66 bits per heavy atom. The quantitative estimate of drug-likeness (QED) is 0.532. The third-order valence-corrected chi connectivity index (χ3v) is 8.22. The van der Waals surface area contributed by atoms with Crippen LogP contribution in [0.4, 0.5) is 11.5 Å². The highest BCUT2D eigenvalue weighted by Gasteiger charge is 2.39. The lowest BCUT2D eigenvalue weighted by Crippen LogP contribution is -2.48. The van der Waals surface area contributed by atoms with Crippen LogP contribution in [0.5, 0.6) is 0 Å². The van der Waals surface area contributed by atoms with Gasteiger partial charge in [0.2, 0.25) is 0 Å². The van der Waals surface area contributed by atoms with Crippen LogP contribution in [0.25, 0.3) is 16.9 Å². The number of rotatable bonds is 5. The predicted molar refractivity (Wildman–Crippen MR) is 137 cm³/mol. The lowest BCUT2D eigenvalue weighted by Gasteiger charge is -2.39. The number of ether oxygens (including phenoxy) is 3. The molecule has 0 aliphatic carbocycles. The molecule has 12 heteroatoms. The molecule has 3 aromatic rings. The van der Waals surface area contributed by atoms with Crippen molar-refractivity contribution in [1.82, 2.24) is 24.5 Å². The van der Waals surface area contributed by atoms with E-state index in [0.717, 1.165) is 50.2 Å². The average molecular weight is 521 g/mol. The van der Waals surface area contributed by atoms with Gasteiger partial charge in [0.25, 0.3) is 0 Å². The van der Waals surface area contributed by atoms with Crippen LogP contribution in [0.1, 0.15) is 44.0 Å². The van der Waals surface area contributed by atoms with Crippen LogP contribution < -0.4 is 9.80 Å². The highest BCUT2D eigenvalue weighted by molar-refractivity contribution is 5.96. The molecule has 3 unspecified atom stereocenters. The number of nitrogens with zero attached hydrogens (tertiary/aromatic N) is 8. The molecule has 0 radical (unpaired) electrons. The second-order valence-electron chi connectivity index (χ2n) is 10.5. The van der Waals surface area contributed by atoms with Crippen LogP contribution in [0, 0.1) is 11.3 Å². The molecule has 2 bridgehead atoms. The lowest BCUT2D eigenvalue weighted by molar-refractivity contribution is -0.0395. The van der Waals surface area contributed by atoms with Gasteiger partial charge in [-0.2, -0.15) is 20.1 Å². The van der Waals surface area contributed by atoms with Gasteiger partial charge in [-0.3, -0.25) is 0 Å². The predicted octanol–water partition coefficient (Wildman–Crippen LogP) is 1.75. The summed E-state index contributed by atoms with van der Waals surface area (Å²) in [5.41, 5.74) is 1.71. The monoisotopic (exact) mass is 520 g/mol. The van der Waals surface area contributed by atoms with Crippen LogP contribution in [0.2, 0.25) is 0 Å². The minimum absolute atomic E-state index is 0.0518. The molecule has 4 fully saturated rings. The van der Waals surface area contributed by atoms with Gasteiger partial charge in [-0.1, -0.05) is 0 Å². The molecule has 4 aliphatic heterocycles. The first-order chi connectivity index (χ1) is 18.7. The molecule has 38 heavy (non-hydrogen) atoms. The summed E-state index contributed by atoms with van der Waals surface area (Å²) in [5, 5.41) is 30.5. The van der Waals surface area contributed by atoms with E-state index >= 15 is 0 Å². The number of aromatic nitrogens is 5. The zero-order valence-corrected chi connectivity index (χ0v) is 21.3. The molecule has 4 atom stereocenters. The summed E-state index contributed by atoms with van der Waals surface area (Å²) in [6.07, 6.45) is 7.00. The van der Waals surface area contributed by atoms with Gasteiger partial charge in [0.05, 0.1) is 62.2 Å². The van der Waals surface area contributed by atoms with Crippen molar-refractivity contribution in [2.45, 2.75) is 56.5 Å². The van der Waals surface area contributed by atoms with Crippen LogP contribution in [0.3, 0.4) is 0 Å². The summed E-state index contributed by atoms with van der Waals surface area (Å²) in [5.74, 6) is 1.43. The Morgan fingerprint density at radius 2 is 1.89 bits per heavy atom. The number of pyridine rings is 1. The van der Waals surface area contributed by atoms with E-state index in [4.69, 9.17) is 29.4 Å². The van der Waals surface area contributed by atoms with E-state index in [9.17, 15) is 10.4 Å². The fourth-order valence-corrected chi connectivity index (χ4v) is 6.34. The van der Waals surface area contributed by atoms with Gasteiger partial charge >= 0.3 is 0 Å². The molecule has 4 saturated heterocycles. The highest BCUT2D eigenvalue weighted by Crippen LogP contribution is 2.39. The van der Waals surface area contributed by atoms with Gasteiger partial charge in [0.1, 0.15) is 18.1 Å². The Hall–Kier alpha value is -3.24. The van der Waals surface area contributed by atoms with Gasteiger partial charge in [-0.25, -0.2) is 9.67 Å². The molecule has 0 saturated carbocycles. The number of hydrogen-bond donors (Lipinski definition) is 1. The van der Waals surface area contributed by atoms with Crippen LogP contribution in [-0.2, 0) is 14.2 Å². The third kappa shape index (κ3) is 3.92. The van der Waals surface area contributed by atoms with Crippen molar-refractivity contribution < 1.29 is 19.3 Å². The smallest absolute Gasteiger partial charge is 0.177 e. The molecule has 12 nitrogen and oxygen atoms in total. The van der Waals surface area contributed by atoms with Gasteiger partial charge in [-0.05, 0) is 32.1 Å². The summed E-state index contributed by atoms with van der Waals surface area (Å²) in [7, 11) is 0. The number of nitriles is 1. The molecule has 7 rings (SSSR count). The van der Waals surface area contributed by atoms with E-state index in [1.165, 1.54) is 0 Å². The number of morpholine rings is 2. The molecule has 0 aromatic carbocycles. The Morgan fingerprint density at radius 1 is 1.03 bits per heavy atom. The Labute approximate surface area is 220 Å². The summed E-state index contributed by atoms with van der Waals surface area (Å²) in [4.78, 5) is 9.64. The average Bonchev–Trinajstić information content (AvgIpc) is 3.67. The van der Waals surface area contributed by atoms with Gasteiger partial charge < -0.3 is 29.1 Å². The zero-order valence-electron chi connectivity index (χ0n) is 21.3. The van der Waals surface area contributed by atoms with Gasteiger partial charge in [-0.15, -0.1) is 0 Å². The molecule has 3 aromatic heterocycles. The van der Waals surface area contributed by atoms with Crippen molar-refractivity contribution in [2.24, 2.45) is 0 Å². The second kappa shape index (κ2) is 9.81. The molecule has 0 amide bonds. The molecular weight excluding hydrogens is 488 g/mol. The first-order valence-electron chi connectivity index (χ1n) is 13.6. The van der Waals surface area contributed by atoms with E-state index in [1.54, 1.807) is 4.68 Å². The Bertz CT molecular complexity index is 1340. The van der Waals surface area contributed by atoms with E-state index in [2.05, 4.69) is 21.9 Å². The van der Waals surface area contributed by atoms with Crippen LogP contribution >= 0.6 is 0 Å². The maximum absolute atomic E-state index is 10.2. The minimum Gasteiger partial charge on any atom is -0.394 e. The zero-order chi connectivity index (χ0) is 25.6. The van der Waals surface area contributed by atoms with Crippen molar-refractivity contribution >= 4 is 22.5 Å². The maximum atomic E-state index is 10.2.